The maximum atomic E-state index is 4.41. The van der Waals surface area contributed by atoms with Crippen molar-refractivity contribution in [1.82, 2.24) is 9.97 Å². The van der Waals surface area contributed by atoms with Gasteiger partial charge in [0, 0.05) is 23.2 Å². The summed E-state index contributed by atoms with van der Waals surface area (Å²) >= 11 is 0. The van der Waals surface area contributed by atoms with Crippen molar-refractivity contribution in [3.63, 3.8) is 0 Å². The Morgan fingerprint density at radius 1 is 1.07 bits per heavy atom. The Morgan fingerprint density at radius 2 is 2.00 bits per heavy atom. The molecule has 0 atom stereocenters. The molecule has 15 heavy (non-hydrogen) atoms. The van der Waals surface area contributed by atoms with Gasteiger partial charge in [0.2, 0.25) is 0 Å². The van der Waals surface area contributed by atoms with E-state index in [1.54, 1.807) is 0 Å². The zero-order valence-electron chi connectivity index (χ0n) is 8.44. The molecule has 2 heteroatoms. The average molecular weight is 194 g/mol. The Bertz CT molecular complexity index is 644. The third-order valence-electron chi connectivity index (χ3n) is 2.57. The van der Waals surface area contributed by atoms with Gasteiger partial charge in [0.25, 0.3) is 0 Å². The van der Waals surface area contributed by atoms with Crippen molar-refractivity contribution in [3.8, 4) is 0 Å². The molecule has 2 nitrogen and oxygen atoms in total. The van der Waals surface area contributed by atoms with Gasteiger partial charge in [-0.05, 0) is 30.7 Å². The van der Waals surface area contributed by atoms with E-state index < -0.39 is 0 Å². The molecule has 0 saturated carbocycles. The number of fused-ring (bicyclic) bond motifs is 3. The molecule has 0 aliphatic rings. The highest BCUT2D eigenvalue weighted by Gasteiger charge is 2.01. The number of rotatable bonds is 0. The smallest absolute Gasteiger partial charge is 0.0796 e. The minimum Gasteiger partial charge on any atom is -0.256 e. The van der Waals surface area contributed by atoms with E-state index in [9.17, 15) is 0 Å². The molecule has 0 saturated heterocycles. The average Bonchev–Trinajstić information content (AvgIpc) is 2.29. The minimum atomic E-state index is 1.01. The maximum Gasteiger partial charge on any atom is 0.0796 e. The largest absolute Gasteiger partial charge is 0.256 e. The highest BCUT2D eigenvalue weighted by molar-refractivity contribution is 6.03. The van der Waals surface area contributed by atoms with Crippen LogP contribution in [-0.2, 0) is 0 Å². The first-order valence-electron chi connectivity index (χ1n) is 4.95. The van der Waals surface area contributed by atoms with Gasteiger partial charge in [0.05, 0.1) is 11.0 Å². The summed E-state index contributed by atoms with van der Waals surface area (Å²) in [5, 5.41) is 2.30. The summed E-state index contributed by atoms with van der Waals surface area (Å²) in [7, 11) is 0. The van der Waals surface area contributed by atoms with Crippen LogP contribution in [0.4, 0.5) is 0 Å². The van der Waals surface area contributed by atoms with E-state index in [-0.39, 0.29) is 0 Å². The lowest BCUT2D eigenvalue weighted by atomic mass is 10.1. The molecule has 3 rings (SSSR count). The molecular weight excluding hydrogens is 184 g/mol. The molecule has 1 aromatic carbocycles. The van der Waals surface area contributed by atoms with Crippen molar-refractivity contribution < 1.29 is 0 Å². The third-order valence-corrected chi connectivity index (χ3v) is 2.57. The third kappa shape index (κ3) is 1.26. The highest BCUT2D eigenvalue weighted by Crippen LogP contribution is 2.22. The Balaban J connectivity index is 2.57. The van der Waals surface area contributed by atoms with Gasteiger partial charge in [-0.1, -0.05) is 12.1 Å². The van der Waals surface area contributed by atoms with Crippen molar-refractivity contribution >= 4 is 21.8 Å². The molecule has 0 aliphatic carbocycles. The van der Waals surface area contributed by atoms with Crippen LogP contribution in [0.1, 0.15) is 5.56 Å². The van der Waals surface area contributed by atoms with Gasteiger partial charge < -0.3 is 0 Å². The Kier molecular flexibility index (Phi) is 1.68. The van der Waals surface area contributed by atoms with E-state index >= 15 is 0 Å². The molecule has 0 unspecified atom stereocenters. The van der Waals surface area contributed by atoms with E-state index in [0.717, 1.165) is 21.8 Å². The molecule has 2 heterocycles. The second kappa shape index (κ2) is 3.02. The van der Waals surface area contributed by atoms with Crippen LogP contribution in [0.3, 0.4) is 0 Å². The summed E-state index contributed by atoms with van der Waals surface area (Å²) in [4.78, 5) is 8.80. The molecule has 0 bridgehead atoms. The molecule has 0 aliphatic heterocycles. The van der Waals surface area contributed by atoms with Crippen LogP contribution >= 0.6 is 0 Å². The van der Waals surface area contributed by atoms with Gasteiger partial charge in [-0.3, -0.25) is 9.97 Å². The summed E-state index contributed by atoms with van der Waals surface area (Å²) in [5.74, 6) is 0. The first kappa shape index (κ1) is 8.36. The number of pyridine rings is 2. The van der Waals surface area contributed by atoms with Crippen LogP contribution in [0.15, 0.2) is 42.7 Å². The highest BCUT2D eigenvalue weighted by atomic mass is 14.7. The van der Waals surface area contributed by atoms with Gasteiger partial charge in [-0.15, -0.1) is 0 Å². The number of aryl methyl sites for hydroxylation is 1. The SMILES string of the molecule is Cc1cnc2ccc3cccnc3c2c1. The van der Waals surface area contributed by atoms with Gasteiger partial charge in [-0.2, -0.15) is 0 Å². The van der Waals surface area contributed by atoms with E-state index in [4.69, 9.17) is 0 Å². The first-order valence-corrected chi connectivity index (χ1v) is 4.95. The molecule has 0 amide bonds. The minimum absolute atomic E-state index is 1.01. The van der Waals surface area contributed by atoms with E-state index in [0.29, 0.717) is 0 Å². The Morgan fingerprint density at radius 3 is 2.93 bits per heavy atom. The van der Waals surface area contributed by atoms with Gasteiger partial charge in [0.15, 0.2) is 0 Å². The standard InChI is InChI=1S/C13H10N2/c1-9-7-11-12(15-8-9)5-4-10-3-2-6-14-13(10)11/h2-8H,1H3. The number of aromatic nitrogens is 2. The van der Waals surface area contributed by atoms with Crippen molar-refractivity contribution in [2.75, 3.05) is 0 Å². The molecule has 0 radical (unpaired) electrons. The van der Waals surface area contributed by atoms with Crippen molar-refractivity contribution in [3.05, 3.63) is 48.3 Å². The first-order chi connectivity index (χ1) is 7.34. The topological polar surface area (TPSA) is 25.8 Å². The molecule has 0 N–H and O–H groups in total. The molecule has 0 spiro atoms. The number of nitrogens with zero attached hydrogens (tertiary/aromatic N) is 2. The number of benzene rings is 1. The van der Waals surface area contributed by atoms with Crippen LogP contribution in [0.5, 0.6) is 0 Å². The van der Waals surface area contributed by atoms with Gasteiger partial charge >= 0.3 is 0 Å². The summed E-state index contributed by atoms with van der Waals surface area (Å²) in [6, 6.07) is 10.3. The lowest BCUT2D eigenvalue weighted by molar-refractivity contribution is 1.33. The molecule has 0 fully saturated rings. The van der Waals surface area contributed by atoms with E-state index in [1.165, 1.54) is 5.56 Å². The van der Waals surface area contributed by atoms with Crippen LogP contribution in [0.25, 0.3) is 21.8 Å². The maximum absolute atomic E-state index is 4.41. The van der Waals surface area contributed by atoms with Crippen molar-refractivity contribution in [1.29, 1.82) is 0 Å². The van der Waals surface area contributed by atoms with Crippen LogP contribution < -0.4 is 0 Å². The summed E-state index contributed by atoms with van der Waals surface area (Å²) in [6.45, 7) is 2.05. The lowest BCUT2D eigenvalue weighted by Gasteiger charge is -2.02. The zero-order valence-corrected chi connectivity index (χ0v) is 8.44. The van der Waals surface area contributed by atoms with Crippen molar-refractivity contribution in [2.45, 2.75) is 6.92 Å². The van der Waals surface area contributed by atoms with Crippen LogP contribution in [-0.4, -0.2) is 9.97 Å². The second-order valence-corrected chi connectivity index (χ2v) is 3.72. The van der Waals surface area contributed by atoms with Crippen LogP contribution in [0, 0.1) is 6.92 Å². The number of hydrogen-bond donors (Lipinski definition) is 0. The fourth-order valence-corrected chi connectivity index (χ4v) is 1.85. The summed E-state index contributed by atoms with van der Waals surface area (Å²) in [6.07, 6.45) is 3.71. The normalized spacial score (nSPS) is 11.0. The Hall–Kier alpha value is -1.96. The van der Waals surface area contributed by atoms with E-state index in [2.05, 4.69) is 28.2 Å². The zero-order chi connectivity index (χ0) is 10.3. The fraction of sp³-hybridized carbons (Fsp3) is 0.0769. The predicted octanol–water partition coefficient (Wildman–Crippen LogP) is 3.09. The van der Waals surface area contributed by atoms with Gasteiger partial charge in [0.1, 0.15) is 0 Å². The molecular formula is C13H10N2. The van der Waals surface area contributed by atoms with E-state index in [1.807, 2.05) is 31.5 Å². The monoisotopic (exact) mass is 194 g/mol. The van der Waals surface area contributed by atoms with Crippen molar-refractivity contribution in [2.24, 2.45) is 0 Å². The number of hydrogen-bond acceptors (Lipinski definition) is 2. The predicted molar refractivity (Wildman–Crippen MR) is 61.8 cm³/mol. The quantitative estimate of drug-likeness (QED) is 0.514. The molecule has 3 aromatic rings. The van der Waals surface area contributed by atoms with Gasteiger partial charge in [-0.25, -0.2) is 0 Å². The second-order valence-electron chi connectivity index (χ2n) is 3.72. The molecule has 72 valence electrons. The molecule has 2 aromatic heterocycles. The summed E-state index contributed by atoms with van der Waals surface area (Å²) in [5.41, 5.74) is 3.21. The fourth-order valence-electron chi connectivity index (χ4n) is 1.85. The lowest BCUT2D eigenvalue weighted by Crippen LogP contribution is -1.85. The van der Waals surface area contributed by atoms with Crippen LogP contribution in [0.2, 0.25) is 0 Å². The summed E-state index contributed by atoms with van der Waals surface area (Å²) < 4.78 is 0. The Labute approximate surface area is 87.6 Å².